The number of hydrogen-bond acceptors (Lipinski definition) is 4. The Labute approximate surface area is 172 Å². The zero-order chi connectivity index (χ0) is 21.3. The number of aromatic nitrogens is 2. The van der Waals surface area contributed by atoms with Gasteiger partial charge in [-0.1, -0.05) is 30.7 Å². The Morgan fingerprint density at radius 1 is 1.21 bits per heavy atom. The van der Waals surface area contributed by atoms with Crippen molar-refractivity contribution < 1.29 is 19.4 Å². The molecule has 2 heterocycles. The van der Waals surface area contributed by atoms with Crippen molar-refractivity contribution in [1.29, 1.82) is 0 Å². The van der Waals surface area contributed by atoms with Crippen LogP contribution in [0.2, 0.25) is 5.02 Å². The number of ketones is 1. The first kappa shape index (κ1) is 20.7. The van der Waals surface area contributed by atoms with E-state index < -0.39 is 11.5 Å². The summed E-state index contributed by atoms with van der Waals surface area (Å²) in [7, 11) is 1.58. The summed E-state index contributed by atoms with van der Waals surface area (Å²) >= 11 is 5.97. The summed E-state index contributed by atoms with van der Waals surface area (Å²) in [6.45, 7) is 3.61. The normalized spacial score (nSPS) is 11.0. The Hall–Kier alpha value is -3.06. The molecule has 0 saturated carbocycles. The van der Waals surface area contributed by atoms with Crippen molar-refractivity contribution in [3.63, 3.8) is 0 Å². The Balaban J connectivity index is 2.23. The molecule has 0 atom stereocenters. The van der Waals surface area contributed by atoms with Gasteiger partial charge in [0.2, 0.25) is 0 Å². The topological polar surface area (TPSA) is 90.5 Å². The standard InChI is InChI=1S/C21H21ClN2O5/c1-4-14-10-15-17(19(29-5-2)18(21(27)28)23(15)3)20(26)24(14)11-16(25)12-7-6-8-13(22)9-12/h6-10H,4-5,11H2,1-3H3,(H,27,28). The first-order chi connectivity index (χ1) is 13.8. The van der Waals surface area contributed by atoms with Crippen LogP contribution < -0.4 is 10.3 Å². The summed E-state index contributed by atoms with van der Waals surface area (Å²) in [5, 5.41) is 10.2. The third-order valence-electron chi connectivity index (χ3n) is 4.81. The second-order valence-corrected chi connectivity index (χ2v) is 6.99. The van der Waals surface area contributed by atoms with Crippen LogP contribution in [-0.2, 0) is 20.0 Å². The largest absolute Gasteiger partial charge is 0.490 e. The minimum absolute atomic E-state index is 0.0223. The average Bonchev–Trinajstić information content (AvgIpc) is 2.96. The fourth-order valence-electron chi connectivity index (χ4n) is 3.44. The number of Topliss-reactive ketones (excluding diaryl/α,β-unsaturated/α-hetero) is 1. The van der Waals surface area contributed by atoms with Crippen molar-refractivity contribution in [3.8, 4) is 5.75 Å². The molecule has 0 unspecified atom stereocenters. The molecule has 29 heavy (non-hydrogen) atoms. The number of carboxylic acids is 1. The quantitative estimate of drug-likeness (QED) is 0.595. The molecule has 0 amide bonds. The average molecular weight is 417 g/mol. The molecule has 0 saturated heterocycles. The van der Waals surface area contributed by atoms with Crippen molar-refractivity contribution in [2.75, 3.05) is 6.61 Å². The number of hydrogen-bond donors (Lipinski definition) is 1. The van der Waals surface area contributed by atoms with Crippen molar-refractivity contribution in [3.05, 3.63) is 62.7 Å². The molecule has 1 aromatic carbocycles. The van der Waals surface area contributed by atoms with Crippen molar-refractivity contribution in [2.24, 2.45) is 7.05 Å². The van der Waals surface area contributed by atoms with Gasteiger partial charge in [0, 0.05) is 23.3 Å². The summed E-state index contributed by atoms with van der Waals surface area (Å²) in [6.07, 6.45) is 0.492. The molecule has 0 radical (unpaired) electrons. The zero-order valence-corrected chi connectivity index (χ0v) is 17.1. The molecular weight excluding hydrogens is 396 g/mol. The SMILES string of the molecule is CCOc1c(C(=O)O)n(C)c2cc(CC)n(CC(=O)c3cccc(Cl)c3)c(=O)c12. The highest BCUT2D eigenvalue weighted by Crippen LogP contribution is 2.31. The zero-order valence-electron chi connectivity index (χ0n) is 16.4. The van der Waals surface area contributed by atoms with E-state index in [0.717, 1.165) is 0 Å². The van der Waals surface area contributed by atoms with E-state index in [1.165, 1.54) is 9.13 Å². The molecule has 0 aliphatic carbocycles. The molecule has 0 bridgehead atoms. The van der Waals surface area contributed by atoms with Gasteiger partial charge in [-0.15, -0.1) is 0 Å². The number of carboxylic acid groups (broad SMARTS) is 1. The Morgan fingerprint density at radius 3 is 2.52 bits per heavy atom. The Bertz CT molecular complexity index is 1180. The Kier molecular flexibility index (Phi) is 5.79. The number of pyridine rings is 1. The van der Waals surface area contributed by atoms with Gasteiger partial charge in [-0.3, -0.25) is 9.59 Å². The van der Waals surface area contributed by atoms with Gasteiger partial charge < -0.3 is 19.0 Å². The first-order valence-electron chi connectivity index (χ1n) is 9.20. The molecule has 8 heteroatoms. The molecule has 3 aromatic rings. The van der Waals surface area contributed by atoms with Crippen molar-refractivity contribution in [1.82, 2.24) is 9.13 Å². The number of ether oxygens (including phenoxy) is 1. The van der Waals surface area contributed by atoms with E-state index in [-0.39, 0.29) is 35.8 Å². The van der Waals surface area contributed by atoms with E-state index in [4.69, 9.17) is 16.3 Å². The number of aryl methyl sites for hydroxylation is 2. The fraction of sp³-hybridized carbons (Fsp3) is 0.286. The van der Waals surface area contributed by atoms with E-state index in [0.29, 0.717) is 28.2 Å². The molecule has 1 N–H and O–H groups in total. The highest BCUT2D eigenvalue weighted by molar-refractivity contribution is 6.31. The lowest BCUT2D eigenvalue weighted by molar-refractivity contribution is 0.0682. The first-order valence-corrected chi connectivity index (χ1v) is 9.57. The molecule has 0 fully saturated rings. The number of aromatic carboxylic acids is 1. The molecule has 2 aromatic heterocycles. The second-order valence-electron chi connectivity index (χ2n) is 6.55. The van der Waals surface area contributed by atoms with Crippen LogP contribution in [0.4, 0.5) is 0 Å². The maximum atomic E-state index is 13.3. The summed E-state index contributed by atoms with van der Waals surface area (Å²) in [4.78, 5) is 37.8. The van der Waals surface area contributed by atoms with Crippen LogP contribution in [0, 0.1) is 0 Å². The van der Waals surface area contributed by atoms with Gasteiger partial charge in [0.05, 0.1) is 18.7 Å². The van der Waals surface area contributed by atoms with Crippen LogP contribution >= 0.6 is 11.6 Å². The van der Waals surface area contributed by atoms with Crippen LogP contribution in [0.3, 0.4) is 0 Å². The molecule has 0 aliphatic heterocycles. The van der Waals surface area contributed by atoms with E-state index in [1.807, 2.05) is 6.92 Å². The molecule has 0 spiro atoms. The number of carbonyl (C=O) groups is 2. The number of nitrogens with zero attached hydrogens (tertiary/aromatic N) is 2. The minimum Gasteiger partial charge on any atom is -0.490 e. The molecule has 3 rings (SSSR count). The van der Waals surface area contributed by atoms with Gasteiger partial charge in [0.1, 0.15) is 5.39 Å². The van der Waals surface area contributed by atoms with E-state index in [1.54, 1.807) is 44.3 Å². The summed E-state index contributed by atoms with van der Waals surface area (Å²) in [5.41, 5.74) is 0.926. The van der Waals surface area contributed by atoms with Gasteiger partial charge in [-0.2, -0.15) is 0 Å². The van der Waals surface area contributed by atoms with E-state index >= 15 is 0 Å². The lowest BCUT2D eigenvalue weighted by Crippen LogP contribution is -2.27. The number of carbonyl (C=O) groups excluding carboxylic acids is 1. The monoisotopic (exact) mass is 416 g/mol. The summed E-state index contributed by atoms with van der Waals surface area (Å²) in [6, 6.07) is 8.26. The highest BCUT2D eigenvalue weighted by atomic mass is 35.5. The predicted molar refractivity (Wildman–Crippen MR) is 110 cm³/mol. The second kappa shape index (κ2) is 8.13. The van der Waals surface area contributed by atoms with Gasteiger partial charge in [-0.05, 0) is 31.5 Å². The van der Waals surface area contributed by atoms with Gasteiger partial charge in [0.25, 0.3) is 5.56 Å². The van der Waals surface area contributed by atoms with Crippen molar-refractivity contribution in [2.45, 2.75) is 26.8 Å². The Morgan fingerprint density at radius 2 is 1.93 bits per heavy atom. The third kappa shape index (κ3) is 3.65. The third-order valence-corrected chi connectivity index (χ3v) is 5.04. The van der Waals surface area contributed by atoms with Crippen LogP contribution in [0.1, 0.15) is 40.4 Å². The van der Waals surface area contributed by atoms with Crippen LogP contribution in [0.25, 0.3) is 10.9 Å². The number of fused-ring (bicyclic) bond motifs is 1. The highest BCUT2D eigenvalue weighted by Gasteiger charge is 2.26. The van der Waals surface area contributed by atoms with Gasteiger partial charge in [0.15, 0.2) is 17.2 Å². The van der Waals surface area contributed by atoms with Crippen molar-refractivity contribution >= 4 is 34.3 Å². The number of rotatable bonds is 7. The van der Waals surface area contributed by atoms with E-state index in [9.17, 15) is 19.5 Å². The maximum Gasteiger partial charge on any atom is 0.356 e. The molecule has 152 valence electrons. The number of benzene rings is 1. The lowest BCUT2D eigenvalue weighted by atomic mass is 10.1. The molecular formula is C21H21ClN2O5. The van der Waals surface area contributed by atoms with Crippen LogP contribution in [0.15, 0.2) is 35.1 Å². The van der Waals surface area contributed by atoms with E-state index in [2.05, 4.69) is 0 Å². The molecule has 0 aliphatic rings. The maximum absolute atomic E-state index is 13.3. The summed E-state index contributed by atoms with van der Waals surface area (Å²) < 4.78 is 8.34. The fourth-order valence-corrected chi connectivity index (χ4v) is 3.63. The van der Waals surface area contributed by atoms with Gasteiger partial charge >= 0.3 is 5.97 Å². The predicted octanol–water partition coefficient (Wildman–Crippen LogP) is 3.54. The smallest absolute Gasteiger partial charge is 0.356 e. The van der Waals surface area contributed by atoms with Crippen LogP contribution in [-0.4, -0.2) is 32.6 Å². The van der Waals surface area contributed by atoms with Gasteiger partial charge in [-0.25, -0.2) is 4.79 Å². The minimum atomic E-state index is -1.19. The lowest BCUT2D eigenvalue weighted by Gasteiger charge is -2.13. The van der Waals surface area contributed by atoms with Crippen LogP contribution in [0.5, 0.6) is 5.75 Å². The number of halogens is 1. The summed E-state index contributed by atoms with van der Waals surface area (Å²) in [5.74, 6) is -1.43. The molecule has 7 nitrogen and oxygen atoms in total.